The number of aromatic nitrogens is 1. The molecule has 6 nitrogen and oxygen atoms in total. The Labute approximate surface area is 188 Å². The van der Waals surface area contributed by atoms with Crippen molar-refractivity contribution in [3.05, 3.63) is 72.2 Å². The number of pyridine rings is 1. The number of nitrogens with one attached hydrogen (secondary N) is 1. The summed E-state index contributed by atoms with van der Waals surface area (Å²) in [5.41, 5.74) is 2.47. The molecule has 168 valence electrons. The number of carbonyl (C=O) groups excluding carboxylic acids is 1. The van der Waals surface area contributed by atoms with Crippen molar-refractivity contribution < 1.29 is 18.1 Å². The number of halogens is 1. The molecule has 0 aliphatic rings. The van der Waals surface area contributed by atoms with Crippen LogP contribution in [0, 0.1) is 10.6 Å². The van der Waals surface area contributed by atoms with Crippen molar-refractivity contribution in [2.24, 2.45) is 0 Å². The van der Waals surface area contributed by atoms with E-state index in [9.17, 15) is 13.4 Å². The third-order valence-corrected chi connectivity index (χ3v) is 7.05. The molecule has 3 rings (SSSR count). The molecule has 1 heterocycles. The monoisotopic (exact) mass is 455 g/mol. The molecule has 0 saturated heterocycles. The van der Waals surface area contributed by atoms with Crippen LogP contribution in [0.5, 0.6) is 5.88 Å². The van der Waals surface area contributed by atoms with Crippen molar-refractivity contribution in [1.29, 1.82) is 4.78 Å². The molecule has 0 saturated carbocycles. The van der Waals surface area contributed by atoms with E-state index in [4.69, 9.17) is 9.52 Å². The summed E-state index contributed by atoms with van der Waals surface area (Å²) in [4.78, 5) is 17.7. The summed E-state index contributed by atoms with van der Waals surface area (Å²) in [6.07, 6.45) is 2.40. The van der Waals surface area contributed by atoms with E-state index in [0.29, 0.717) is 29.2 Å². The molecule has 8 heteroatoms. The third kappa shape index (κ3) is 5.31. The largest absolute Gasteiger partial charge is 0.481 e. The predicted molar refractivity (Wildman–Crippen MR) is 124 cm³/mol. The fourth-order valence-electron chi connectivity index (χ4n) is 3.26. The van der Waals surface area contributed by atoms with Gasteiger partial charge in [-0.05, 0) is 47.4 Å². The van der Waals surface area contributed by atoms with Crippen LogP contribution >= 0.6 is 0 Å². The molecule has 2 aromatic carbocycles. The van der Waals surface area contributed by atoms with Gasteiger partial charge in [0.15, 0.2) is 0 Å². The number of ether oxygens (including phenoxy) is 1. The van der Waals surface area contributed by atoms with Crippen LogP contribution in [0.15, 0.2) is 65.7 Å². The number of rotatable bonds is 8. The Morgan fingerprint density at radius 2 is 1.81 bits per heavy atom. The Bertz CT molecular complexity index is 1190. The minimum absolute atomic E-state index is 0.168. The van der Waals surface area contributed by atoms with Gasteiger partial charge in [0.1, 0.15) is 5.82 Å². The average Bonchev–Trinajstić information content (AvgIpc) is 2.82. The SMILES string of the molecule is CCC(=O)N(C)c1ccc(-c2ccc(S(=N)(=O)CCc3ccc(OC)nc3)cc2)cc1F. The van der Waals surface area contributed by atoms with Gasteiger partial charge in [0, 0.05) is 36.4 Å². The maximum absolute atomic E-state index is 14.6. The average molecular weight is 456 g/mol. The molecule has 0 bridgehead atoms. The highest BCUT2D eigenvalue weighted by Crippen LogP contribution is 2.27. The van der Waals surface area contributed by atoms with Crippen LogP contribution < -0.4 is 9.64 Å². The molecule has 0 aliphatic heterocycles. The first-order chi connectivity index (χ1) is 15.2. The van der Waals surface area contributed by atoms with E-state index in [1.165, 1.54) is 18.1 Å². The molecular formula is C24H26FN3O3S. The van der Waals surface area contributed by atoms with Gasteiger partial charge in [-0.25, -0.2) is 18.4 Å². The normalized spacial score (nSPS) is 12.8. The van der Waals surface area contributed by atoms with Gasteiger partial charge in [0.05, 0.1) is 22.5 Å². The smallest absolute Gasteiger partial charge is 0.226 e. The van der Waals surface area contributed by atoms with Gasteiger partial charge in [-0.15, -0.1) is 0 Å². The van der Waals surface area contributed by atoms with E-state index >= 15 is 0 Å². The lowest BCUT2D eigenvalue weighted by molar-refractivity contribution is -0.118. The first-order valence-corrected chi connectivity index (χ1v) is 11.9. The minimum atomic E-state index is -2.99. The van der Waals surface area contributed by atoms with Crippen LogP contribution in [0.3, 0.4) is 0 Å². The number of aryl methyl sites for hydroxylation is 1. The van der Waals surface area contributed by atoms with Crippen molar-refractivity contribution in [1.82, 2.24) is 4.98 Å². The summed E-state index contributed by atoms with van der Waals surface area (Å²) in [7, 11) is 0.0968. The highest BCUT2D eigenvalue weighted by atomic mass is 32.2. The molecule has 32 heavy (non-hydrogen) atoms. The molecule has 1 atom stereocenters. The number of hydrogen-bond acceptors (Lipinski definition) is 5. The lowest BCUT2D eigenvalue weighted by Crippen LogP contribution is -2.25. The Kier molecular flexibility index (Phi) is 7.25. The lowest BCUT2D eigenvalue weighted by atomic mass is 10.0. The van der Waals surface area contributed by atoms with E-state index in [0.717, 1.165) is 11.1 Å². The van der Waals surface area contributed by atoms with Crippen molar-refractivity contribution in [2.45, 2.75) is 24.7 Å². The maximum Gasteiger partial charge on any atom is 0.226 e. The van der Waals surface area contributed by atoms with Crippen molar-refractivity contribution >= 4 is 21.3 Å². The van der Waals surface area contributed by atoms with Crippen molar-refractivity contribution in [2.75, 3.05) is 24.8 Å². The number of amides is 1. The first-order valence-electron chi connectivity index (χ1n) is 10.2. The zero-order valence-electron chi connectivity index (χ0n) is 18.3. The van der Waals surface area contributed by atoms with Crippen LogP contribution in [-0.2, 0) is 20.9 Å². The van der Waals surface area contributed by atoms with Crippen molar-refractivity contribution in [3.8, 4) is 17.0 Å². The Morgan fingerprint density at radius 1 is 1.12 bits per heavy atom. The van der Waals surface area contributed by atoms with Gasteiger partial charge in [0.25, 0.3) is 0 Å². The second-order valence-corrected chi connectivity index (χ2v) is 9.57. The Balaban J connectivity index is 1.73. The van der Waals surface area contributed by atoms with E-state index < -0.39 is 15.5 Å². The van der Waals surface area contributed by atoms with Gasteiger partial charge in [0.2, 0.25) is 11.8 Å². The zero-order valence-corrected chi connectivity index (χ0v) is 19.1. The second kappa shape index (κ2) is 9.91. The molecule has 3 aromatic rings. The van der Waals surface area contributed by atoms with Crippen molar-refractivity contribution in [3.63, 3.8) is 0 Å². The highest BCUT2D eigenvalue weighted by Gasteiger charge is 2.15. The van der Waals surface area contributed by atoms with Gasteiger partial charge in [-0.3, -0.25) is 4.79 Å². The number of anilines is 1. The molecule has 1 N–H and O–H groups in total. The Morgan fingerprint density at radius 3 is 2.38 bits per heavy atom. The van der Waals surface area contributed by atoms with E-state index in [1.807, 2.05) is 6.07 Å². The van der Waals surface area contributed by atoms with Crippen LogP contribution in [0.4, 0.5) is 10.1 Å². The summed E-state index contributed by atoms with van der Waals surface area (Å²) in [5.74, 6) is 0.00972. The fourth-order valence-corrected chi connectivity index (χ4v) is 4.59. The quantitative estimate of drug-likeness (QED) is 0.523. The zero-order chi connectivity index (χ0) is 23.3. The second-order valence-electron chi connectivity index (χ2n) is 7.34. The topological polar surface area (TPSA) is 83.4 Å². The summed E-state index contributed by atoms with van der Waals surface area (Å²) >= 11 is 0. The van der Waals surface area contributed by atoms with Gasteiger partial charge < -0.3 is 9.64 Å². The summed E-state index contributed by atoms with van der Waals surface area (Å²) in [6, 6.07) is 15.0. The van der Waals surface area contributed by atoms with Gasteiger partial charge in [-0.2, -0.15) is 0 Å². The Hall–Kier alpha value is -3.26. The molecule has 1 unspecified atom stereocenters. The van der Waals surface area contributed by atoms with Crippen LogP contribution in [-0.4, -0.2) is 35.0 Å². The number of hydrogen-bond donors (Lipinski definition) is 1. The highest BCUT2D eigenvalue weighted by molar-refractivity contribution is 7.92. The van der Waals surface area contributed by atoms with Crippen LogP contribution in [0.25, 0.3) is 11.1 Å². The number of carbonyl (C=O) groups is 1. The van der Waals surface area contributed by atoms with Gasteiger partial charge in [-0.1, -0.05) is 31.2 Å². The standard InChI is InChI=1S/C24H26FN3O3S/c1-4-24(29)28(2)22-11-8-19(15-21(22)25)18-6-9-20(10-7-18)32(26,30)14-13-17-5-12-23(31-3)27-16-17/h5-12,15-16,26H,4,13-14H2,1-3H3. The van der Waals surface area contributed by atoms with Crippen LogP contribution in [0.2, 0.25) is 0 Å². The minimum Gasteiger partial charge on any atom is -0.481 e. The van der Waals surface area contributed by atoms with Crippen LogP contribution in [0.1, 0.15) is 18.9 Å². The fraction of sp³-hybridized carbons (Fsp3) is 0.250. The molecule has 0 fully saturated rings. The summed E-state index contributed by atoms with van der Waals surface area (Å²) in [5, 5.41) is 0. The number of methoxy groups -OCH3 is 1. The predicted octanol–water partition coefficient (Wildman–Crippen LogP) is 4.92. The summed E-state index contributed by atoms with van der Waals surface area (Å²) < 4.78 is 40.9. The molecule has 1 aromatic heterocycles. The van der Waals surface area contributed by atoms with E-state index in [1.54, 1.807) is 62.6 Å². The van der Waals surface area contributed by atoms with Gasteiger partial charge >= 0.3 is 0 Å². The lowest BCUT2D eigenvalue weighted by Gasteiger charge is -2.18. The maximum atomic E-state index is 14.6. The molecule has 0 radical (unpaired) electrons. The summed E-state index contributed by atoms with van der Waals surface area (Å²) in [6.45, 7) is 1.73. The molecule has 0 spiro atoms. The number of benzene rings is 2. The first kappa shape index (κ1) is 23.4. The molecule has 1 amide bonds. The number of nitrogens with zero attached hydrogens (tertiary/aromatic N) is 2. The van der Waals surface area contributed by atoms with E-state index in [2.05, 4.69) is 4.98 Å². The third-order valence-electron chi connectivity index (χ3n) is 5.24. The molecular weight excluding hydrogens is 429 g/mol. The van der Waals surface area contributed by atoms with E-state index in [-0.39, 0.29) is 17.3 Å². The molecule has 0 aliphatic carbocycles.